The Morgan fingerprint density at radius 2 is 2.28 bits per heavy atom. The number of ether oxygens (including phenoxy) is 1. The summed E-state index contributed by atoms with van der Waals surface area (Å²) in [7, 11) is 3.44. The monoisotopic (exact) mass is 248 g/mol. The average Bonchev–Trinajstić information content (AvgIpc) is 2.61. The van der Waals surface area contributed by atoms with Crippen molar-refractivity contribution in [1.82, 2.24) is 9.55 Å². The largest absolute Gasteiger partial charge is 0.481 e. The summed E-state index contributed by atoms with van der Waals surface area (Å²) in [6.45, 7) is 2.08. The van der Waals surface area contributed by atoms with E-state index in [4.69, 9.17) is 4.74 Å². The maximum atomic E-state index is 11.2. The molecule has 0 radical (unpaired) electrons. The predicted octanol–water partition coefficient (Wildman–Crippen LogP) is 1.70. The number of methoxy groups -OCH3 is 1. The average molecular weight is 248 g/mol. The maximum Gasteiger partial charge on any atom is 0.313 e. The molecule has 0 aliphatic heterocycles. The zero-order valence-electron chi connectivity index (χ0n) is 10.7. The van der Waals surface area contributed by atoms with Gasteiger partial charge in [0, 0.05) is 14.2 Å². The van der Waals surface area contributed by atoms with Gasteiger partial charge in [-0.2, -0.15) is 0 Å². The Kier molecular flexibility index (Phi) is 3.34. The molecule has 2 rings (SSSR count). The first-order valence-electron chi connectivity index (χ1n) is 5.69. The molecule has 5 nitrogen and oxygen atoms in total. The SMILES string of the molecule is COCC(C(=O)O)c1ccc2c(c1)nc(C)n2C. The molecule has 2 aromatic rings. The lowest BCUT2D eigenvalue weighted by molar-refractivity contribution is -0.140. The Morgan fingerprint density at radius 1 is 1.56 bits per heavy atom. The molecular formula is C13H16N2O3. The first-order chi connectivity index (χ1) is 8.54. The normalized spacial score (nSPS) is 12.8. The van der Waals surface area contributed by atoms with Crippen LogP contribution in [0.5, 0.6) is 0 Å². The van der Waals surface area contributed by atoms with Crippen LogP contribution in [0.2, 0.25) is 0 Å². The third kappa shape index (κ3) is 2.09. The number of imidazole rings is 1. The van der Waals surface area contributed by atoms with Crippen molar-refractivity contribution >= 4 is 17.0 Å². The molecule has 1 aromatic heterocycles. The number of rotatable bonds is 4. The van der Waals surface area contributed by atoms with E-state index in [1.807, 2.05) is 36.7 Å². The molecule has 1 unspecified atom stereocenters. The Morgan fingerprint density at radius 3 is 2.89 bits per heavy atom. The van der Waals surface area contributed by atoms with Gasteiger partial charge < -0.3 is 14.4 Å². The van der Waals surface area contributed by atoms with Crippen molar-refractivity contribution in [3.63, 3.8) is 0 Å². The van der Waals surface area contributed by atoms with E-state index in [0.717, 1.165) is 22.4 Å². The molecule has 0 saturated carbocycles. The second-order valence-corrected chi connectivity index (χ2v) is 4.31. The summed E-state index contributed by atoms with van der Waals surface area (Å²) >= 11 is 0. The maximum absolute atomic E-state index is 11.2. The van der Waals surface area contributed by atoms with Crippen LogP contribution in [-0.2, 0) is 16.6 Å². The van der Waals surface area contributed by atoms with Crippen molar-refractivity contribution < 1.29 is 14.6 Å². The molecule has 0 aliphatic carbocycles. The van der Waals surface area contributed by atoms with Crippen LogP contribution >= 0.6 is 0 Å². The molecule has 1 atom stereocenters. The van der Waals surface area contributed by atoms with E-state index in [1.165, 1.54) is 7.11 Å². The highest BCUT2D eigenvalue weighted by Crippen LogP contribution is 2.22. The number of nitrogens with zero attached hydrogens (tertiary/aromatic N) is 2. The summed E-state index contributed by atoms with van der Waals surface area (Å²) in [5.74, 6) is -0.633. The van der Waals surface area contributed by atoms with Gasteiger partial charge in [0.05, 0.1) is 17.6 Å². The number of aryl methyl sites for hydroxylation is 2. The van der Waals surface area contributed by atoms with Crippen molar-refractivity contribution in [1.29, 1.82) is 0 Å². The van der Waals surface area contributed by atoms with Gasteiger partial charge in [0.1, 0.15) is 11.7 Å². The summed E-state index contributed by atoms with van der Waals surface area (Å²) in [6, 6.07) is 5.54. The Bertz CT molecular complexity index is 589. The zero-order valence-corrected chi connectivity index (χ0v) is 10.7. The van der Waals surface area contributed by atoms with Crippen molar-refractivity contribution in [2.24, 2.45) is 7.05 Å². The summed E-state index contributed by atoms with van der Waals surface area (Å²) in [5.41, 5.74) is 2.53. The first kappa shape index (κ1) is 12.6. The van der Waals surface area contributed by atoms with Crippen LogP contribution in [0, 0.1) is 6.92 Å². The lowest BCUT2D eigenvalue weighted by Crippen LogP contribution is -2.16. The molecule has 1 N–H and O–H groups in total. The Labute approximate surface area is 105 Å². The Hall–Kier alpha value is -1.88. The highest BCUT2D eigenvalue weighted by atomic mass is 16.5. The molecule has 0 saturated heterocycles. The van der Waals surface area contributed by atoms with Gasteiger partial charge in [-0.15, -0.1) is 0 Å². The van der Waals surface area contributed by atoms with Gasteiger partial charge in [-0.3, -0.25) is 4.79 Å². The fourth-order valence-electron chi connectivity index (χ4n) is 2.03. The highest BCUT2D eigenvalue weighted by molar-refractivity contribution is 5.81. The third-order valence-electron chi connectivity index (χ3n) is 3.16. The van der Waals surface area contributed by atoms with E-state index in [9.17, 15) is 9.90 Å². The van der Waals surface area contributed by atoms with Gasteiger partial charge in [0.15, 0.2) is 0 Å². The van der Waals surface area contributed by atoms with Gasteiger partial charge in [0.25, 0.3) is 0 Å². The molecule has 18 heavy (non-hydrogen) atoms. The smallest absolute Gasteiger partial charge is 0.313 e. The van der Waals surface area contributed by atoms with Gasteiger partial charge in [-0.25, -0.2) is 4.98 Å². The first-order valence-corrected chi connectivity index (χ1v) is 5.69. The summed E-state index contributed by atoms with van der Waals surface area (Å²) in [5, 5.41) is 9.18. The standard InChI is InChI=1S/C13H16N2O3/c1-8-14-11-6-9(4-5-12(11)15(8)2)10(7-18-3)13(16)17/h4-6,10H,7H2,1-3H3,(H,16,17). The van der Waals surface area contributed by atoms with E-state index in [0.29, 0.717) is 0 Å². The van der Waals surface area contributed by atoms with Crippen molar-refractivity contribution in [3.8, 4) is 0 Å². The topological polar surface area (TPSA) is 64.3 Å². The van der Waals surface area contributed by atoms with Gasteiger partial charge >= 0.3 is 5.97 Å². The molecule has 0 amide bonds. The van der Waals surface area contributed by atoms with Gasteiger partial charge in [-0.05, 0) is 24.6 Å². The molecule has 1 heterocycles. The van der Waals surface area contributed by atoms with Crippen LogP contribution in [0.15, 0.2) is 18.2 Å². The number of hydrogen-bond acceptors (Lipinski definition) is 3. The highest BCUT2D eigenvalue weighted by Gasteiger charge is 2.20. The predicted molar refractivity (Wildman–Crippen MR) is 67.7 cm³/mol. The lowest BCUT2D eigenvalue weighted by atomic mass is 10.00. The van der Waals surface area contributed by atoms with Crippen LogP contribution in [0.1, 0.15) is 17.3 Å². The lowest BCUT2D eigenvalue weighted by Gasteiger charge is -2.11. The molecular weight excluding hydrogens is 232 g/mol. The minimum absolute atomic E-state index is 0.159. The minimum atomic E-state index is -0.885. The van der Waals surface area contributed by atoms with Crippen molar-refractivity contribution in [2.45, 2.75) is 12.8 Å². The summed E-state index contributed by atoms with van der Waals surface area (Å²) in [4.78, 5) is 15.6. The molecule has 0 fully saturated rings. The molecule has 0 aliphatic rings. The number of aliphatic carboxylic acids is 1. The van der Waals surface area contributed by atoms with Crippen molar-refractivity contribution in [3.05, 3.63) is 29.6 Å². The van der Waals surface area contributed by atoms with E-state index in [1.54, 1.807) is 0 Å². The number of benzene rings is 1. The third-order valence-corrected chi connectivity index (χ3v) is 3.16. The second kappa shape index (κ2) is 4.78. The molecule has 96 valence electrons. The van der Waals surface area contributed by atoms with Crippen molar-refractivity contribution in [2.75, 3.05) is 13.7 Å². The number of fused-ring (bicyclic) bond motifs is 1. The molecule has 0 spiro atoms. The van der Waals surface area contributed by atoms with E-state index >= 15 is 0 Å². The number of hydrogen-bond donors (Lipinski definition) is 1. The quantitative estimate of drug-likeness (QED) is 0.894. The van der Waals surface area contributed by atoms with E-state index in [-0.39, 0.29) is 6.61 Å². The molecule has 1 aromatic carbocycles. The number of carboxylic acid groups (broad SMARTS) is 1. The molecule has 5 heteroatoms. The van der Waals surface area contributed by atoms with Gasteiger partial charge in [0.2, 0.25) is 0 Å². The van der Waals surface area contributed by atoms with Crippen LogP contribution in [-0.4, -0.2) is 34.3 Å². The van der Waals surface area contributed by atoms with E-state index in [2.05, 4.69) is 4.98 Å². The number of carboxylic acids is 1. The van der Waals surface area contributed by atoms with Crippen LogP contribution in [0.3, 0.4) is 0 Å². The molecule has 0 bridgehead atoms. The van der Waals surface area contributed by atoms with Crippen LogP contribution in [0.25, 0.3) is 11.0 Å². The van der Waals surface area contributed by atoms with Crippen LogP contribution < -0.4 is 0 Å². The fraction of sp³-hybridized carbons (Fsp3) is 0.385. The summed E-state index contributed by atoms with van der Waals surface area (Å²) < 4.78 is 6.93. The summed E-state index contributed by atoms with van der Waals surface area (Å²) in [6.07, 6.45) is 0. The zero-order chi connectivity index (χ0) is 13.3. The van der Waals surface area contributed by atoms with E-state index < -0.39 is 11.9 Å². The van der Waals surface area contributed by atoms with Crippen LogP contribution in [0.4, 0.5) is 0 Å². The van der Waals surface area contributed by atoms with Gasteiger partial charge in [-0.1, -0.05) is 6.07 Å². The fourth-order valence-corrected chi connectivity index (χ4v) is 2.03. The number of aromatic nitrogens is 2. The second-order valence-electron chi connectivity index (χ2n) is 4.31. The number of carbonyl (C=O) groups is 1. The minimum Gasteiger partial charge on any atom is -0.481 e. The Balaban J connectivity index is 2.48.